The number of hydrogen-bond donors (Lipinski definition) is 2. The third-order valence-corrected chi connectivity index (χ3v) is 6.93. The minimum absolute atomic E-state index is 0.246. The van der Waals surface area contributed by atoms with Crippen molar-refractivity contribution in [3.8, 4) is 11.3 Å². The largest absolute Gasteiger partial charge is 0.451 e. The molecule has 0 aliphatic carbocycles. The highest BCUT2D eigenvalue weighted by atomic mass is 35.5. The molecule has 0 saturated carbocycles. The highest BCUT2D eigenvalue weighted by molar-refractivity contribution is 7.92. The van der Waals surface area contributed by atoms with Gasteiger partial charge in [-0.1, -0.05) is 35.3 Å². The van der Waals surface area contributed by atoms with Crippen molar-refractivity contribution in [3.63, 3.8) is 0 Å². The van der Waals surface area contributed by atoms with Gasteiger partial charge in [0.2, 0.25) is 10.0 Å². The maximum Gasteiger partial charge on any atom is 0.300 e. The van der Waals surface area contributed by atoms with E-state index < -0.39 is 35.7 Å². The molecule has 1 heterocycles. The van der Waals surface area contributed by atoms with Gasteiger partial charge in [0.1, 0.15) is 15.6 Å². The third-order valence-electron chi connectivity index (χ3n) is 3.71. The summed E-state index contributed by atoms with van der Waals surface area (Å²) < 4.78 is 55.4. The summed E-state index contributed by atoms with van der Waals surface area (Å²) in [6.45, 7) is 0. The number of benzene rings is 2. The van der Waals surface area contributed by atoms with Gasteiger partial charge in [-0.2, -0.15) is 0 Å². The highest BCUT2D eigenvalue weighted by Crippen LogP contribution is 2.29. The minimum Gasteiger partial charge on any atom is -0.451 e. The van der Waals surface area contributed by atoms with Gasteiger partial charge in [-0.25, -0.2) is 26.7 Å². The van der Waals surface area contributed by atoms with Crippen LogP contribution in [0.2, 0.25) is 10.0 Å². The van der Waals surface area contributed by atoms with E-state index in [4.69, 9.17) is 32.8 Å². The van der Waals surface area contributed by atoms with Crippen LogP contribution in [-0.2, 0) is 20.0 Å². The number of halogens is 2. The van der Waals surface area contributed by atoms with E-state index in [1.165, 1.54) is 36.4 Å². The molecule has 0 spiro atoms. The lowest BCUT2D eigenvalue weighted by Gasteiger charge is -2.09. The highest BCUT2D eigenvalue weighted by Gasteiger charge is 2.27. The molecule has 0 atom stereocenters. The Bertz CT molecular complexity index is 1320. The van der Waals surface area contributed by atoms with Crippen molar-refractivity contribution in [2.24, 2.45) is 5.14 Å². The molecule has 0 aliphatic heterocycles. The fourth-order valence-corrected chi connectivity index (χ4v) is 5.04. The molecule has 0 fully saturated rings. The molecule has 29 heavy (non-hydrogen) atoms. The third kappa shape index (κ3) is 4.62. The van der Waals surface area contributed by atoms with E-state index in [9.17, 15) is 21.6 Å². The van der Waals surface area contributed by atoms with Crippen LogP contribution in [0, 0.1) is 0 Å². The van der Waals surface area contributed by atoms with Crippen LogP contribution in [0.3, 0.4) is 0 Å². The van der Waals surface area contributed by atoms with Crippen molar-refractivity contribution in [1.29, 1.82) is 0 Å². The second kappa shape index (κ2) is 7.81. The standard InChI is InChI=1S/C17H12Cl2N2O6S2/c18-11-6-5-10(9-12(11)19)13-7-8-14(27-13)17(22)21-29(25,26)16-4-2-1-3-15(16)28(20,23)24/h1-9H,(H,21,22)(H2,20,23,24). The topological polar surface area (TPSA) is 137 Å². The second-order valence-electron chi connectivity index (χ2n) is 5.72. The van der Waals surface area contributed by atoms with E-state index in [1.54, 1.807) is 10.8 Å². The maximum absolute atomic E-state index is 12.5. The van der Waals surface area contributed by atoms with Crippen LogP contribution < -0.4 is 9.86 Å². The summed E-state index contributed by atoms with van der Waals surface area (Å²) in [5, 5.41) is 5.65. The molecule has 12 heteroatoms. The van der Waals surface area contributed by atoms with Crippen molar-refractivity contribution in [2.45, 2.75) is 9.79 Å². The average Bonchev–Trinajstić information content (AvgIpc) is 3.13. The van der Waals surface area contributed by atoms with Gasteiger partial charge in [0.25, 0.3) is 10.0 Å². The van der Waals surface area contributed by atoms with Crippen LogP contribution in [0.25, 0.3) is 11.3 Å². The first-order valence-corrected chi connectivity index (χ1v) is 11.5. The molecule has 0 aliphatic rings. The summed E-state index contributed by atoms with van der Waals surface area (Å²) in [6.07, 6.45) is 0. The molecule has 2 aromatic carbocycles. The lowest BCUT2D eigenvalue weighted by Crippen LogP contribution is -2.31. The second-order valence-corrected chi connectivity index (χ2v) is 9.71. The quantitative estimate of drug-likeness (QED) is 0.582. The number of nitrogens with one attached hydrogen (secondary N) is 1. The van der Waals surface area contributed by atoms with Gasteiger partial charge in [-0.15, -0.1) is 0 Å². The molecule has 3 aromatic rings. The summed E-state index contributed by atoms with van der Waals surface area (Å²) in [6, 6.07) is 12.0. The Hall–Kier alpha value is -2.37. The zero-order chi connectivity index (χ0) is 21.4. The van der Waals surface area contributed by atoms with E-state index >= 15 is 0 Å². The number of amides is 1. The first-order chi connectivity index (χ1) is 13.5. The molecule has 3 rings (SSSR count). The van der Waals surface area contributed by atoms with Gasteiger partial charge in [0, 0.05) is 5.56 Å². The van der Waals surface area contributed by atoms with Gasteiger partial charge in [-0.3, -0.25) is 4.79 Å². The number of hydrogen-bond acceptors (Lipinski definition) is 6. The van der Waals surface area contributed by atoms with E-state index in [2.05, 4.69) is 0 Å². The molecular formula is C17H12Cl2N2O6S2. The lowest BCUT2D eigenvalue weighted by atomic mass is 10.2. The summed E-state index contributed by atoms with van der Waals surface area (Å²) in [5.41, 5.74) is 0.515. The molecule has 1 aromatic heterocycles. The Morgan fingerprint density at radius 3 is 2.17 bits per heavy atom. The molecule has 3 N–H and O–H groups in total. The van der Waals surface area contributed by atoms with Crippen molar-refractivity contribution in [2.75, 3.05) is 0 Å². The molecule has 0 radical (unpaired) electrons. The van der Waals surface area contributed by atoms with Crippen molar-refractivity contribution >= 4 is 49.2 Å². The van der Waals surface area contributed by atoms with Crippen molar-refractivity contribution < 1.29 is 26.0 Å². The maximum atomic E-state index is 12.5. The molecule has 0 saturated heterocycles. The van der Waals surface area contributed by atoms with E-state index in [-0.39, 0.29) is 16.5 Å². The van der Waals surface area contributed by atoms with Crippen LogP contribution >= 0.6 is 23.2 Å². The van der Waals surface area contributed by atoms with Crippen molar-refractivity contribution in [3.05, 3.63) is 70.4 Å². The number of carbonyl (C=O) groups is 1. The Morgan fingerprint density at radius 2 is 1.55 bits per heavy atom. The first-order valence-electron chi connectivity index (χ1n) is 7.73. The van der Waals surface area contributed by atoms with Gasteiger partial charge >= 0.3 is 5.91 Å². The van der Waals surface area contributed by atoms with Gasteiger partial charge in [-0.05, 0) is 42.5 Å². The molecule has 0 bridgehead atoms. The minimum atomic E-state index is -4.55. The van der Waals surface area contributed by atoms with E-state index in [0.29, 0.717) is 10.6 Å². The van der Waals surface area contributed by atoms with Crippen LogP contribution in [0.1, 0.15) is 10.6 Å². The zero-order valence-electron chi connectivity index (χ0n) is 14.3. The normalized spacial score (nSPS) is 12.0. The van der Waals surface area contributed by atoms with Gasteiger partial charge < -0.3 is 4.42 Å². The average molecular weight is 475 g/mol. The number of sulfonamides is 2. The Balaban J connectivity index is 1.90. The van der Waals surface area contributed by atoms with E-state index in [1.807, 2.05) is 0 Å². The summed E-state index contributed by atoms with van der Waals surface area (Å²) >= 11 is 11.8. The zero-order valence-corrected chi connectivity index (χ0v) is 17.4. The number of nitrogens with two attached hydrogens (primary N) is 1. The number of rotatable bonds is 5. The van der Waals surface area contributed by atoms with Crippen LogP contribution in [-0.4, -0.2) is 22.7 Å². The molecule has 8 nitrogen and oxygen atoms in total. The van der Waals surface area contributed by atoms with E-state index in [0.717, 1.165) is 12.1 Å². The summed E-state index contributed by atoms with van der Waals surface area (Å²) in [5.74, 6) is -1.17. The van der Waals surface area contributed by atoms with Gasteiger partial charge in [0.05, 0.1) is 10.0 Å². The number of carbonyl (C=O) groups excluding carboxylic acids is 1. The molecule has 0 unspecified atom stereocenters. The smallest absolute Gasteiger partial charge is 0.300 e. The summed E-state index contributed by atoms with van der Waals surface area (Å²) in [7, 11) is -8.88. The first kappa shape index (κ1) is 21.3. The van der Waals surface area contributed by atoms with Crippen LogP contribution in [0.15, 0.2) is 68.8 Å². The lowest BCUT2D eigenvalue weighted by molar-refractivity contribution is 0.0955. The van der Waals surface area contributed by atoms with Crippen LogP contribution in [0.4, 0.5) is 0 Å². The van der Waals surface area contributed by atoms with Crippen LogP contribution in [0.5, 0.6) is 0 Å². The summed E-state index contributed by atoms with van der Waals surface area (Å²) in [4.78, 5) is 11.0. The SMILES string of the molecule is NS(=O)(=O)c1ccccc1S(=O)(=O)NC(=O)c1ccc(-c2ccc(Cl)c(Cl)c2)o1. The predicted octanol–water partition coefficient (Wildman–Crippen LogP) is 3.02. The van der Waals surface area contributed by atoms with Crippen molar-refractivity contribution in [1.82, 2.24) is 4.72 Å². The Kier molecular flexibility index (Phi) is 5.74. The number of primary sulfonamides is 1. The predicted molar refractivity (Wildman–Crippen MR) is 107 cm³/mol. The fraction of sp³-hybridized carbons (Fsp3) is 0. The molecule has 1 amide bonds. The fourth-order valence-electron chi connectivity index (χ4n) is 2.40. The Morgan fingerprint density at radius 1 is 0.897 bits per heavy atom. The Labute approximate surface area is 176 Å². The molecule has 152 valence electrons. The molecular weight excluding hydrogens is 463 g/mol. The number of furan rings is 1. The monoisotopic (exact) mass is 474 g/mol. The van der Waals surface area contributed by atoms with Gasteiger partial charge in [0.15, 0.2) is 5.76 Å².